The van der Waals surface area contributed by atoms with Gasteiger partial charge in [-0.05, 0) is 6.42 Å². The Morgan fingerprint density at radius 3 is 2.67 bits per heavy atom. The number of fused-ring (bicyclic) bond motifs is 3. The number of aromatic nitrogens is 4. The standard InChI is InChI=1S/C12H17N5O11P2/c13-10-15-8-5(9(20)16-10)14-4-17(8)12-2-1-11(27-12,6(18)7(12)19)3-26-30(24,25)28-29(21,22)23/h4,6-7,18-19H,1-3H2,(H,24,25)(H2,21,22,23)(H3,13,15,16,20)/t6?,7?,11-,12+/m1/s1. The minimum Gasteiger partial charge on any atom is -0.387 e. The van der Waals surface area contributed by atoms with Crippen LogP contribution in [0.4, 0.5) is 5.95 Å². The van der Waals surface area contributed by atoms with E-state index in [9.17, 15) is 29.0 Å². The summed E-state index contributed by atoms with van der Waals surface area (Å²) in [5, 5.41) is 21.2. The number of aromatic amines is 1. The van der Waals surface area contributed by atoms with Crippen LogP contribution in [0, 0.1) is 0 Å². The predicted octanol–water partition coefficient (Wildman–Crippen LogP) is -2.13. The van der Waals surface area contributed by atoms with E-state index in [1.54, 1.807) is 0 Å². The average Bonchev–Trinajstić information content (AvgIpc) is 3.24. The number of nitrogens with two attached hydrogens (primary N) is 1. The van der Waals surface area contributed by atoms with E-state index in [4.69, 9.17) is 20.3 Å². The lowest BCUT2D eigenvalue weighted by atomic mass is 9.81. The van der Waals surface area contributed by atoms with Crippen LogP contribution in [0.5, 0.6) is 0 Å². The van der Waals surface area contributed by atoms with Crippen molar-refractivity contribution < 1.29 is 47.6 Å². The van der Waals surface area contributed by atoms with Crippen LogP contribution in [-0.4, -0.2) is 68.8 Å². The van der Waals surface area contributed by atoms with Crippen LogP contribution in [0.25, 0.3) is 11.2 Å². The van der Waals surface area contributed by atoms with Gasteiger partial charge in [-0.3, -0.25) is 18.9 Å². The number of aliphatic hydroxyl groups is 2. The molecule has 4 rings (SSSR count). The Morgan fingerprint density at radius 2 is 2.00 bits per heavy atom. The van der Waals surface area contributed by atoms with Gasteiger partial charge in [0.25, 0.3) is 5.56 Å². The number of nitrogens with zero attached hydrogens (tertiary/aromatic N) is 3. The third-order valence-electron chi connectivity index (χ3n) is 5.10. The van der Waals surface area contributed by atoms with E-state index in [0.29, 0.717) is 0 Å². The second-order valence-electron chi connectivity index (χ2n) is 6.95. The van der Waals surface area contributed by atoms with Crippen LogP contribution >= 0.6 is 15.6 Å². The normalized spacial score (nSPS) is 33.2. The summed E-state index contributed by atoms with van der Waals surface area (Å²) in [4.78, 5) is 49.0. The van der Waals surface area contributed by atoms with Crippen LogP contribution in [0.1, 0.15) is 12.8 Å². The molecule has 2 aliphatic heterocycles. The van der Waals surface area contributed by atoms with Crippen molar-refractivity contribution in [2.75, 3.05) is 12.3 Å². The highest BCUT2D eigenvalue weighted by atomic mass is 31.3. The molecule has 166 valence electrons. The molecule has 2 aliphatic rings. The smallest absolute Gasteiger partial charge is 0.387 e. The number of aliphatic hydroxyl groups excluding tert-OH is 2. The third kappa shape index (κ3) is 3.31. The minimum absolute atomic E-state index is 0.000512. The molecule has 4 heterocycles. The van der Waals surface area contributed by atoms with Gasteiger partial charge >= 0.3 is 15.6 Å². The molecule has 3 unspecified atom stereocenters. The number of nitrogen functional groups attached to an aromatic ring is 1. The zero-order valence-corrected chi connectivity index (χ0v) is 16.6. The van der Waals surface area contributed by atoms with Crippen LogP contribution < -0.4 is 11.3 Å². The van der Waals surface area contributed by atoms with Gasteiger partial charge in [-0.1, -0.05) is 0 Å². The molecule has 16 nitrogen and oxygen atoms in total. The van der Waals surface area contributed by atoms with E-state index in [-0.39, 0.29) is 30.0 Å². The molecule has 0 radical (unpaired) electrons. The highest BCUT2D eigenvalue weighted by molar-refractivity contribution is 7.60. The second-order valence-corrected chi connectivity index (χ2v) is 9.78. The molecule has 0 aromatic carbocycles. The SMILES string of the molecule is Nc1nc2c(ncn2[C@@]23CC[C@](COP(=O)(O)OP(=O)(O)O)(O2)C(O)C3O)c(=O)[nH]1. The van der Waals surface area contributed by atoms with Crippen molar-refractivity contribution in [1.29, 1.82) is 0 Å². The van der Waals surface area contributed by atoms with E-state index >= 15 is 0 Å². The Morgan fingerprint density at radius 1 is 1.30 bits per heavy atom. The fourth-order valence-electron chi connectivity index (χ4n) is 3.85. The maximum Gasteiger partial charge on any atom is 0.481 e. The molecule has 2 saturated heterocycles. The number of hydrogen-bond donors (Lipinski definition) is 7. The Labute approximate surface area is 166 Å². The molecule has 2 fully saturated rings. The lowest BCUT2D eigenvalue weighted by molar-refractivity contribution is -0.137. The van der Waals surface area contributed by atoms with Crippen molar-refractivity contribution in [3.05, 3.63) is 16.7 Å². The van der Waals surface area contributed by atoms with Gasteiger partial charge in [-0.15, -0.1) is 0 Å². The van der Waals surface area contributed by atoms with Crippen LogP contribution in [0.3, 0.4) is 0 Å². The molecular weight excluding hydrogens is 452 g/mol. The van der Waals surface area contributed by atoms with Gasteiger partial charge < -0.3 is 35.4 Å². The first-order valence-corrected chi connectivity index (χ1v) is 11.4. The summed E-state index contributed by atoms with van der Waals surface area (Å²) in [6.07, 6.45) is -2.03. The molecule has 0 aliphatic carbocycles. The largest absolute Gasteiger partial charge is 0.481 e. The lowest BCUT2D eigenvalue weighted by Crippen LogP contribution is -2.51. The summed E-state index contributed by atoms with van der Waals surface area (Å²) in [7, 11) is -10.6. The molecule has 2 aromatic rings. The number of nitrogens with one attached hydrogen (secondary N) is 1. The highest BCUT2D eigenvalue weighted by Gasteiger charge is 2.69. The number of H-pyrrole nitrogens is 1. The Bertz CT molecular complexity index is 1160. The number of phosphoric acid groups is 2. The number of phosphoric ester groups is 1. The van der Waals surface area contributed by atoms with E-state index < -0.39 is 51.3 Å². The molecule has 2 bridgehead atoms. The van der Waals surface area contributed by atoms with E-state index in [2.05, 4.69) is 23.8 Å². The van der Waals surface area contributed by atoms with Gasteiger partial charge in [-0.2, -0.15) is 9.29 Å². The zero-order valence-electron chi connectivity index (χ0n) is 14.9. The van der Waals surface area contributed by atoms with Crippen molar-refractivity contribution in [3.63, 3.8) is 0 Å². The monoisotopic (exact) mass is 469 g/mol. The number of imidazole rings is 1. The van der Waals surface area contributed by atoms with Gasteiger partial charge in [0, 0.05) is 6.42 Å². The minimum atomic E-state index is -5.34. The molecule has 0 spiro atoms. The topological polar surface area (TPSA) is 253 Å². The molecule has 30 heavy (non-hydrogen) atoms. The fraction of sp³-hybridized carbons (Fsp3) is 0.583. The van der Waals surface area contributed by atoms with Crippen molar-refractivity contribution in [2.45, 2.75) is 36.4 Å². The fourth-order valence-corrected chi connectivity index (χ4v) is 5.49. The van der Waals surface area contributed by atoms with Crippen LogP contribution in [0.15, 0.2) is 11.1 Å². The predicted molar refractivity (Wildman–Crippen MR) is 94.5 cm³/mol. The first-order chi connectivity index (χ1) is 13.8. The summed E-state index contributed by atoms with van der Waals surface area (Å²) in [6.45, 7) is -0.844. The summed E-state index contributed by atoms with van der Waals surface area (Å²) >= 11 is 0. The molecule has 5 atom stereocenters. The van der Waals surface area contributed by atoms with E-state index in [0.717, 1.165) is 0 Å². The number of ether oxygens (including phenoxy) is 1. The quantitative estimate of drug-likeness (QED) is 0.223. The average molecular weight is 469 g/mol. The summed E-state index contributed by atoms with van der Waals surface area (Å²) in [5.41, 5.74) is 1.42. The van der Waals surface area contributed by atoms with E-state index in [1.165, 1.54) is 10.9 Å². The van der Waals surface area contributed by atoms with Crippen molar-refractivity contribution in [3.8, 4) is 0 Å². The van der Waals surface area contributed by atoms with Crippen molar-refractivity contribution in [1.82, 2.24) is 19.5 Å². The van der Waals surface area contributed by atoms with Gasteiger partial charge in [0.2, 0.25) is 5.95 Å². The van der Waals surface area contributed by atoms with Gasteiger partial charge in [0.05, 0.1) is 12.9 Å². The molecule has 2 aromatic heterocycles. The number of rotatable bonds is 6. The molecular formula is C12H17N5O11P2. The van der Waals surface area contributed by atoms with Crippen LogP contribution in [-0.2, 0) is 28.4 Å². The maximum atomic E-state index is 12.0. The van der Waals surface area contributed by atoms with Crippen molar-refractivity contribution in [2.24, 2.45) is 0 Å². The molecule has 0 saturated carbocycles. The summed E-state index contributed by atoms with van der Waals surface area (Å²) in [6, 6.07) is 0. The molecule has 8 N–H and O–H groups in total. The van der Waals surface area contributed by atoms with E-state index in [1.807, 2.05) is 0 Å². The number of anilines is 1. The maximum absolute atomic E-state index is 12.0. The second kappa shape index (κ2) is 6.64. The lowest BCUT2D eigenvalue weighted by Gasteiger charge is -2.33. The van der Waals surface area contributed by atoms with Crippen molar-refractivity contribution >= 4 is 32.8 Å². The van der Waals surface area contributed by atoms with Crippen LogP contribution in [0.2, 0.25) is 0 Å². The van der Waals surface area contributed by atoms with Gasteiger partial charge in [-0.25, -0.2) is 14.1 Å². The molecule has 0 amide bonds. The Hall–Kier alpha value is -1.71. The number of hydrogen-bond acceptors (Lipinski definition) is 11. The first-order valence-electron chi connectivity index (χ1n) is 8.32. The zero-order chi connectivity index (χ0) is 22.1. The third-order valence-corrected chi connectivity index (χ3v) is 7.23. The summed E-state index contributed by atoms with van der Waals surface area (Å²) < 4.78 is 37.9. The molecule has 18 heteroatoms. The summed E-state index contributed by atoms with van der Waals surface area (Å²) in [5.74, 6) is -0.220. The van der Waals surface area contributed by atoms with Gasteiger partial charge in [0.1, 0.15) is 17.8 Å². The first kappa shape index (κ1) is 21.5. The van der Waals surface area contributed by atoms with Gasteiger partial charge in [0.15, 0.2) is 16.9 Å². The Kier molecular flexibility index (Phi) is 4.76. The Balaban J connectivity index is 1.67. The highest BCUT2D eigenvalue weighted by Crippen LogP contribution is 2.60.